The Balaban J connectivity index is 1.54. The average Bonchev–Trinajstić information content (AvgIpc) is 3.00. The number of thiophene rings is 1. The number of ether oxygens (including phenoxy) is 1. The Morgan fingerprint density at radius 1 is 1.30 bits per heavy atom. The van der Waals surface area contributed by atoms with Gasteiger partial charge in [0.05, 0.1) is 19.5 Å². The van der Waals surface area contributed by atoms with E-state index in [1.54, 1.807) is 17.4 Å². The molecule has 0 spiro atoms. The molecule has 0 saturated carbocycles. The molecule has 2 aromatic heterocycles. The Morgan fingerprint density at radius 3 is 2.89 bits per heavy atom. The first-order valence-corrected chi connectivity index (χ1v) is 10.0. The summed E-state index contributed by atoms with van der Waals surface area (Å²) in [6.45, 7) is 1.20. The molecule has 4 rings (SSSR count). The number of H-pyrrole nitrogens is 1. The summed E-state index contributed by atoms with van der Waals surface area (Å²) in [5, 5.41) is 0.785. The van der Waals surface area contributed by atoms with Crippen molar-refractivity contribution in [1.82, 2.24) is 9.97 Å². The summed E-state index contributed by atoms with van der Waals surface area (Å²) >= 11 is 1.66. The zero-order valence-corrected chi connectivity index (χ0v) is 16.3. The number of hydrogen-bond donors (Lipinski definition) is 2. The molecule has 2 heterocycles. The van der Waals surface area contributed by atoms with Gasteiger partial charge in [0.2, 0.25) is 0 Å². The molecule has 3 aromatic rings. The lowest BCUT2D eigenvalue weighted by Crippen LogP contribution is -3.06. The fourth-order valence-corrected chi connectivity index (χ4v) is 5.09. The van der Waals surface area contributed by atoms with Crippen molar-refractivity contribution in [2.75, 3.05) is 14.2 Å². The van der Waals surface area contributed by atoms with E-state index in [9.17, 15) is 9.18 Å². The van der Waals surface area contributed by atoms with E-state index in [4.69, 9.17) is 9.72 Å². The van der Waals surface area contributed by atoms with E-state index in [-0.39, 0.29) is 17.1 Å². The van der Waals surface area contributed by atoms with Crippen molar-refractivity contribution in [2.45, 2.75) is 38.8 Å². The molecule has 0 aliphatic heterocycles. The van der Waals surface area contributed by atoms with Crippen LogP contribution in [0.3, 0.4) is 0 Å². The van der Waals surface area contributed by atoms with Crippen molar-refractivity contribution < 1.29 is 14.0 Å². The minimum atomic E-state index is -0.361. The molecule has 0 amide bonds. The summed E-state index contributed by atoms with van der Waals surface area (Å²) in [5.74, 6) is 0.562. The zero-order chi connectivity index (χ0) is 19.0. The third kappa shape index (κ3) is 3.61. The molecule has 1 atom stereocenters. The number of aromatic nitrogens is 2. The van der Waals surface area contributed by atoms with Crippen LogP contribution in [0.1, 0.15) is 34.7 Å². The van der Waals surface area contributed by atoms with Crippen LogP contribution in [0.4, 0.5) is 4.39 Å². The van der Waals surface area contributed by atoms with Gasteiger partial charge in [0, 0.05) is 10.4 Å². The van der Waals surface area contributed by atoms with Gasteiger partial charge in [-0.15, -0.1) is 11.3 Å². The number of nitrogens with one attached hydrogen (secondary N) is 2. The van der Waals surface area contributed by atoms with Gasteiger partial charge >= 0.3 is 0 Å². The second-order valence-electron chi connectivity index (χ2n) is 7.18. The van der Waals surface area contributed by atoms with Crippen LogP contribution in [0.5, 0.6) is 5.75 Å². The predicted octanol–water partition coefficient (Wildman–Crippen LogP) is 2.23. The smallest absolute Gasteiger partial charge is 0.260 e. The second-order valence-corrected chi connectivity index (χ2v) is 8.27. The highest BCUT2D eigenvalue weighted by Crippen LogP contribution is 2.33. The van der Waals surface area contributed by atoms with E-state index < -0.39 is 0 Å². The van der Waals surface area contributed by atoms with Crippen LogP contribution in [0, 0.1) is 5.82 Å². The highest BCUT2D eigenvalue weighted by atomic mass is 32.1. The Hall–Kier alpha value is -2.25. The average molecular weight is 388 g/mol. The van der Waals surface area contributed by atoms with Gasteiger partial charge in [-0.3, -0.25) is 4.79 Å². The number of hydrogen-bond acceptors (Lipinski definition) is 4. The minimum absolute atomic E-state index is 0.0299. The molecule has 0 fully saturated rings. The predicted molar refractivity (Wildman–Crippen MR) is 104 cm³/mol. The van der Waals surface area contributed by atoms with Gasteiger partial charge in [-0.2, -0.15) is 0 Å². The van der Waals surface area contributed by atoms with Crippen LogP contribution in [0.2, 0.25) is 0 Å². The molecular weight excluding hydrogens is 365 g/mol. The van der Waals surface area contributed by atoms with Gasteiger partial charge < -0.3 is 14.6 Å². The molecular formula is C20H23FN3O2S+. The van der Waals surface area contributed by atoms with Crippen molar-refractivity contribution in [3.63, 3.8) is 0 Å². The highest BCUT2D eigenvalue weighted by Gasteiger charge is 2.20. The van der Waals surface area contributed by atoms with Crippen LogP contribution in [0.25, 0.3) is 10.2 Å². The summed E-state index contributed by atoms with van der Waals surface area (Å²) < 4.78 is 18.8. The Bertz CT molecular complexity index is 1040. The number of aromatic amines is 1. The topological polar surface area (TPSA) is 59.4 Å². The summed E-state index contributed by atoms with van der Waals surface area (Å²) in [6, 6.07) is 4.99. The van der Waals surface area contributed by atoms with Gasteiger partial charge in [-0.1, -0.05) is 0 Å². The van der Waals surface area contributed by atoms with E-state index >= 15 is 0 Å². The van der Waals surface area contributed by atoms with E-state index in [2.05, 4.69) is 4.98 Å². The fourth-order valence-electron chi connectivity index (χ4n) is 3.81. The van der Waals surface area contributed by atoms with Crippen molar-refractivity contribution in [2.24, 2.45) is 0 Å². The van der Waals surface area contributed by atoms with Crippen LogP contribution >= 0.6 is 11.3 Å². The standard InChI is InChI=1S/C20H22FN3O2S/c1-24(10-12-7-8-15(26-2)14(21)9-12)11-17-22-19(25)18-13-5-3-4-6-16(13)27-20(18)23-17/h7-9H,3-6,10-11H2,1-2H3,(H,22,23,25)/p+1. The molecule has 5 nitrogen and oxygen atoms in total. The number of rotatable bonds is 5. The molecule has 1 unspecified atom stereocenters. The van der Waals surface area contributed by atoms with Crippen molar-refractivity contribution in [1.29, 1.82) is 0 Å². The lowest BCUT2D eigenvalue weighted by atomic mass is 9.97. The molecule has 7 heteroatoms. The van der Waals surface area contributed by atoms with E-state index in [1.807, 2.05) is 13.1 Å². The molecule has 1 aliphatic carbocycles. The quantitative estimate of drug-likeness (QED) is 0.705. The van der Waals surface area contributed by atoms with Crippen molar-refractivity contribution in [3.05, 3.63) is 56.2 Å². The molecule has 142 valence electrons. The molecule has 0 bridgehead atoms. The first-order chi connectivity index (χ1) is 13.0. The maximum absolute atomic E-state index is 13.9. The number of quaternary nitrogens is 1. The van der Waals surface area contributed by atoms with Gasteiger partial charge in [-0.25, -0.2) is 9.37 Å². The maximum atomic E-state index is 13.9. The van der Waals surface area contributed by atoms with Gasteiger partial charge in [0.25, 0.3) is 5.56 Å². The van der Waals surface area contributed by atoms with E-state index in [0.717, 1.165) is 39.9 Å². The minimum Gasteiger partial charge on any atom is -0.494 e. The van der Waals surface area contributed by atoms with Gasteiger partial charge in [-0.05, 0) is 49.4 Å². The molecule has 2 N–H and O–H groups in total. The second kappa shape index (κ2) is 7.40. The first-order valence-electron chi connectivity index (χ1n) is 9.22. The number of halogens is 1. The number of nitrogens with zero attached hydrogens (tertiary/aromatic N) is 1. The number of aryl methyl sites for hydroxylation is 2. The fraction of sp³-hybridized carbons (Fsp3) is 0.400. The molecule has 1 aromatic carbocycles. The van der Waals surface area contributed by atoms with Crippen LogP contribution in [-0.4, -0.2) is 24.1 Å². The third-order valence-electron chi connectivity index (χ3n) is 5.07. The van der Waals surface area contributed by atoms with Crippen LogP contribution in [-0.2, 0) is 25.9 Å². The maximum Gasteiger partial charge on any atom is 0.260 e. The summed E-state index contributed by atoms with van der Waals surface area (Å²) in [5.41, 5.74) is 2.05. The van der Waals surface area contributed by atoms with E-state index in [1.165, 1.54) is 30.0 Å². The lowest BCUT2D eigenvalue weighted by molar-refractivity contribution is -0.908. The van der Waals surface area contributed by atoms with Gasteiger partial charge in [0.1, 0.15) is 17.9 Å². The summed E-state index contributed by atoms with van der Waals surface area (Å²) in [7, 11) is 3.46. The number of benzene rings is 1. The molecule has 27 heavy (non-hydrogen) atoms. The number of fused-ring (bicyclic) bond motifs is 3. The largest absolute Gasteiger partial charge is 0.494 e. The zero-order valence-electron chi connectivity index (χ0n) is 15.5. The molecule has 0 saturated heterocycles. The SMILES string of the molecule is COc1ccc(C[NH+](C)Cc2nc3sc4c(c3c(=O)[nH]2)CCCC4)cc1F. The lowest BCUT2D eigenvalue weighted by Gasteiger charge is -2.14. The summed E-state index contributed by atoms with van der Waals surface area (Å²) in [6.07, 6.45) is 4.37. The van der Waals surface area contributed by atoms with Crippen molar-refractivity contribution >= 4 is 21.6 Å². The third-order valence-corrected chi connectivity index (χ3v) is 6.25. The Morgan fingerprint density at radius 2 is 2.11 bits per heavy atom. The van der Waals surface area contributed by atoms with Crippen LogP contribution < -0.4 is 15.2 Å². The Labute approximate surface area is 160 Å². The first kappa shape index (κ1) is 18.1. The van der Waals surface area contributed by atoms with Crippen molar-refractivity contribution in [3.8, 4) is 5.75 Å². The highest BCUT2D eigenvalue weighted by molar-refractivity contribution is 7.18. The Kier molecular flexibility index (Phi) is 4.97. The number of methoxy groups -OCH3 is 1. The van der Waals surface area contributed by atoms with Crippen LogP contribution in [0.15, 0.2) is 23.0 Å². The summed E-state index contributed by atoms with van der Waals surface area (Å²) in [4.78, 5) is 23.6. The normalized spacial score (nSPS) is 14.9. The van der Waals surface area contributed by atoms with Gasteiger partial charge in [0.15, 0.2) is 17.4 Å². The monoisotopic (exact) mass is 388 g/mol. The molecule has 0 radical (unpaired) electrons. The van der Waals surface area contributed by atoms with E-state index in [0.29, 0.717) is 18.9 Å². The molecule has 1 aliphatic rings.